The molecule has 3 aromatic rings. The van der Waals surface area contributed by atoms with Gasteiger partial charge >= 0.3 is 6.18 Å². The zero-order chi connectivity index (χ0) is 28.4. The summed E-state index contributed by atoms with van der Waals surface area (Å²) in [5.74, 6) is 0.645. The maximum atomic E-state index is 13.8. The van der Waals surface area contributed by atoms with Crippen molar-refractivity contribution in [1.29, 1.82) is 5.41 Å². The van der Waals surface area contributed by atoms with E-state index < -0.39 is 11.7 Å². The summed E-state index contributed by atoms with van der Waals surface area (Å²) in [5, 5.41) is 12.6. The highest BCUT2D eigenvalue weighted by Crippen LogP contribution is 2.36. The highest BCUT2D eigenvalue weighted by atomic mass is 35.5. The van der Waals surface area contributed by atoms with Gasteiger partial charge in [-0.2, -0.15) is 18.2 Å². The summed E-state index contributed by atoms with van der Waals surface area (Å²) in [6.45, 7) is 1.76. The van der Waals surface area contributed by atoms with Gasteiger partial charge in [-0.25, -0.2) is 4.98 Å². The number of quaternary nitrogens is 1. The Labute approximate surface area is 232 Å². The molecule has 0 aliphatic carbocycles. The zero-order valence-corrected chi connectivity index (χ0v) is 22.4. The van der Waals surface area contributed by atoms with Crippen LogP contribution in [-0.4, -0.2) is 58.2 Å². The number of ether oxygens (including phenoxy) is 2. The smallest absolute Gasteiger partial charge is 0.416 e. The van der Waals surface area contributed by atoms with E-state index in [2.05, 4.69) is 25.2 Å². The zero-order valence-electron chi connectivity index (χ0n) is 21.7. The van der Waals surface area contributed by atoms with Gasteiger partial charge < -0.3 is 24.8 Å². The number of hydrogen-bond donors (Lipinski definition) is 3. The number of halogens is 4. The number of aliphatic imine (C=N–C) groups is 1. The third-order valence-electron chi connectivity index (χ3n) is 6.65. The number of nitrogens with two attached hydrogens (primary N) is 1. The quantitative estimate of drug-likeness (QED) is 0.276. The largest absolute Gasteiger partial charge is 0.446 e. The molecule has 2 aliphatic rings. The number of aryl methyl sites for hydroxylation is 1. The number of hydrogen-bond acceptors (Lipinski definition) is 8. The molecule has 1 saturated heterocycles. The van der Waals surface area contributed by atoms with E-state index in [4.69, 9.17) is 26.5 Å². The van der Waals surface area contributed by atoms with Gasteiger partial charge in [0.05, 0.1) is 36.5 Å². The number of alkyl halides is 3. The van der Waals surface area contributed by atoms with E-state index in [1.165, 1.54) is 12.3 Å². The molecule has 210 valence electrons. The summed E-state index contributed by atoms with van der Waals surface area (Å²) in [6, 6.07) is 3.90. The number of methoxy groups -OCH3 is 1. The standard InChI is InChI=1S/C26H26ClF3N8O2/c1-37-23-22(27)21(40-20(10-31)19-11-32-4-5-33-19)12-34-24(23)36-25(37)35-17-8-15(7-16(9-17)26(28,29)30)13-38-6-3-18(14-38)39-2/h4-5,7-12,18,31,33H,3,6,13-14H2,1-2H3,(H,34,35,36)/p+1/b20-19+,31-10?/t18-/m0/s1. The molecule has 1 aromatic carbocycles. The van der Waals surface area contributed by atoms with Crippen LogP contribution in [0.2, 0.25) is 5.02 Å². The van der Waals surface area contributed by atoms with E-state index in [1.807, 2.05) is 0 Å². The molecule has 0 saturated carbocycles. The first-order valence-electron chi connectivity index (χ1n) is 12.4. The number of rotatable bonds is 8. The summed E-state index contributed by atoms with van der Waals surface area (Å²) in [4.78, 5) is 14.9. The predicted octanol–water partition coefficient (Wildman–Crippen LogP) is 3.96. The van der Waals surface area contributed by atoms with Gasteiger partial charge in [0.15, 0.2) is 17.1 Å². The fraction of sp³-hybridized carbons (Fsp3) is 0.308. The van der Waals surface area contributed by atoms with Crippen molar-refractivity contribution in [3.8, 4) is 5.75 Å². The first kappa shape index (κ1) is 27.8. The summed E-state index contributed by atoms with van der Waals surface area (Å²) in [7, 11) is 3.31. The summed E-state index contributed by atoms with van der Waals surface area (Å²) >= 11 is 6.66. The Morgan fingerprint density at radius 2 is 2.15 bits per heavy atom. The minimum atomic E-state index is -4.52. The number of imidazole rings is 1. The summed E-state index contributed by atoms with van der Waals surface area (Å²) in [5.41, 5.74) is 1.25. The first-order valence-corrected chi connectivity index (χ1v) is 12.7. The number of likely N-dealkylation sites (tertiary alicyclic amines) is 1. The van der Waals surface area contributed by atoms with Gasteiger partial charge in [0.25, 0.3) is 0 Å². The fourth-order valence-electron chi connectivity index (χ4n) is 4.63. The molecule has 14 heteroatoms. The van der Waals surface area contributed by atoms with Gasteiger partial charge in [0.1, 0.15) is 16.7 Å². The van der Waals surface area contributed by atoms with Crippen LogP contribution in [0.1, 0.15) is 17.5 Å². The molecule has 4 heterocycles. The molecule has 10 nitrogen and oxygen atoms in total. The van der Waals surface area contributed by atoms with E-state index >= 15 is 0 Å². The third kappa shape index (κ3) is 5.87. The topological polar surface area (TPSA) is 117 Å². The van der Waals surface area contributed by atoms with Crippen LogP contribution in [0.3, 0.4) is 0 Å². The molecule has 40 heavy (non-hydrogen) atoms. The second-order valence-corrected chi connectivity index (χ2v) is 9.76. The van der Waals surface area contributed by atoms with Crippen LogP contribution in [0.4, 0.5) is 24.8 Å². The maximum absolute atomic E-state index is 13.8. The van der Waals surface area contributed by atoms with Gasteiger partial charge in [-0.1, -0.05) is 11.6 Å². The molecule has 0 spiro atoms. The minimum Gasteiger partial charge on any atom is -0.446 e. The van der Waals surface area contributed by atoms with Crippen molar-refractivity contribution in [3.63, 3.8) is 0 Å². The van der Waals surface area contributed by atoms with Crippen LogP contribution in [0, 0.1) is 5.41 Å². The van der Waals surface area contributed by atoms with Crippen molar-refractivity contribution in [1.82, 2.24) is 19.4 Å². The highest BCUT2D eigenvalue weighted by molar-refractivity contribution is 6.36. The van der Waals surface area contributed by atoms with E-state index in [9.17, 15) is 13.2 Å². The van der Waals surface area contributed by atoms with Crippen LogP contribution in [-0.2, 0) is 24.5 Å². The van der Waals surface area contributed by atoms with Crippen LogP contribution >= 0.6 is 11.6 Å². The molecule has 1 atom stereocenters. The molecular formula is C26H27ClF3N8O2+. The van der Waals surface area contributed by atoms with Crippen molar-refractivity contribution < 1.29 is 28.0 Å². The van der Waals surface area contributed by atoms with E-state index in [0.717, 1.165) is 25.2 Å². The normalized spacial score (nSPS) is 18.9. The second-order valence-electron chi connectivity index (χ2n) is 9.38. The number of nitrogens with one attached hydrogen (secondary N) is 2. The van der Waals surface area contributed by atoms with Crippen molar-refractivity contribution >= 4 is 46.8 Å². The van der Waals surface area contributed by atoms with Gasteiger partial charge in [-0.3, -0.25) is 15.2 Å². The monoisotopic (exact) mass is 575 g/mol. The predicted molar refractivity (Wildman–Crippen MR) is 145 cm³/mol. The highest BCUT2D eigenvalue weighted by Gasteiger charge is 2.32. The SMILES string of the molecule is CO[C@H]1CCN(Cc2cc(Nc3nc4ncc(O/C(C=N)=C5\C=NC=C[NH2+]5)c(Cl)c4n3C)cc(C(F)(F)F)c2)C1. The molecule has 4 N–H and O–H groups in total. The Morgan fingerprint density at radius 1 is 1.32 bits per heavy atom. The Kier molecular flexibility index (Phi) is 7.90. The van der Waals surface area contributed by atoms with Crippen molar-refractivity contribution in [3.05, 3.63) is 64.4 Å². The summed E-state index contributed by atoms with van der Waals surface area (Å²) in [6.07, 6.45) is 3.68. The van der Waals surface area contributed by atoms with Crippen LogP contribution in [0.25, 0.3) is 11.2 Å². The number of anilines is 2. The molecule has 0 radical (unpaired) electrons. The Morgan fingerprint density at radius 3 is 2.83 bits per heavy atom. The average molecular weight is 576 g/mol. The number of fused-ring (bicyclic) bond motifs is 1. The van der Waals surface area contributed by atoms with Crippen LogP contribution < -0.4 is 15.4 Å². The lowest BCUT2D eigenvalue weighted by molar-refractivity contribution is -0.528. The van der Waals surface area contributed by atoms with Crippen LogP contribution in [0.5, 0.6) is 5.75 Å². The second kappa shape index (κ2) is 11.4. The van der Waals surface area contributed by atoms with Gasteiger partial charge in [0.2, 0.25) is 11.7 Å². The Bertz CT molecular complexity index is 1530. The molecule has 0 bridgehead atoms. The fourth-order valence-corrected chi connectivity index (χ4v) is 4.93. The third-order valence-corrected chi connectivity index (χ3v) is 7.01. The molecule has 2 aromatic heterocycles. The van der Waals surface area contributed by atoms with Crippen molar-refractivity contribution in [2.45, 2.75) is 25.2 Å². The van der Waals surface area contributed by atoms with Crippen LogP contribution in [0.15, 0.2) is 53.2 Å². The minimum absolute atomic E-state index is 0.0755. The summed E-state index contributed by atoms with van der Waals surface area (Å²) < 4.78 is 54.1. The van der Waals surface area contributed by atoms with E-state index in [-0.39, 0.29) is 39.9 Å². The average Bonchev–Trinajstić information content (AvgIpc) is 3.52. The number of allylic oxidation sites excluding steroid dienone is 2. The lowest BCUT2D eigenvalue weighted by Gasteiger charge is -2.18. The molecular weight excluding hydrogens is 549 g/mol. The number of pyridine rings is 1. The van der Waals surface area contributed by atoms with Crippen molar-refractivity contribution in [2.24, 2.45) is 12.0 Å². The molecule has 0 amide bonds. The Hall–Kier alpha value is -3.78. The van der Waals surface area contributed by atoms with Gasteiger partial charge in [-0.15, -0.1) is 0 Å². The molecule has 0 unspecified atom stereocenters. The lowest BCUT2D eigenvalue weighted by atomic mass is 10.1. The van der Waals surface area contributed by atoms with Crippen molar-refractivity contribution in [2.75, 3.05) is 25.5 Å². The molecule has 5 rings (SSSR count). The van der Waals surface area contributed by atoms with Gasteiger partial charge in [-0.05, 0) is 30.2 Å². The van der Waals surface area contributed by atoms with E-state index in [0.29, 0.717) is 29.9 Å². The number of benzene rings is 1. The molecule has 2 aliphatic heterocycles. The van der Waals surface area contributed by atoms with Gasteiger partial charge in [0, 0.05) is 39.5 Å². The Balaban J connectivity index is 1.44. The lowest BCUT2D eigenvalue weighted by Crippen LogP contribution is -2.77. The maximum Gasteiger partial charge on any atom is 0.416 e. The first-order chi connectivity index (χ1) is 19.2. The van der Waals surface area contributed by atoms with E-state index in [1.54, 1.807) is 48.7 Å². The number of aromatic nitrogens is 3. The number of nitrogens with zero attached hydrogens (tertiary/aromatic N) is 5. The molecule has 1 fully saturated rings.